The normalized spacial score (nSPS) is 14.1. The molecule has 0 unspecified atom stereocenters. The Bertz CT molecular complexity index is 860. The number of nitrogens with one attached hydrogen (secondary N) is 2. The van der Waals surface area contributed by atoms with Crippen molar-refractivity contribution < 1.29 is 14.3 Å². The predicted molar refractivity (Wildman–Crippen MR) is 101 cm³/mol. The molecule has 0 fully saturated rings. The minimum Gasteiger partial charge on any atom is -0.496 e. The van der Waals surface area contributed by atoms with E-state index in [1.165, 1.54) is 0 Å². The summed E-state index contributed by atoms with van der Waals surface area (Å²) in [7, 11) is 1.61. The standard InChI is InChI=1S/C20H21N3O3/c1-3-4-10-14-16(26-2)12-11-15-17(14)21-20(25)18(15)22-23-19(24)13-8-6-5-7-9-13/h5-9,11-12H,3-4,10H2,1-2H3,(H,23,24)(H,21,22,25). The fraction of sp³-hybridized carbons (Fsp3) is 0.250. The van der Waals surface area contributed by atoms with E-state index in [1.807, 2.05) is 12.1 Å². The molecule has 0 spiro atoms. The maximum atomic E-state index is 12.4. The first-order valence-corrected chi connectivity index (χ1v) is 8.60. The first-order chi connectivity index (χ1) is 12.7. The average Bonchev–Trinajstić information content (AvgIpc) is 3.00. The van der Waals surface area contributed by atoms with Crippen LogP contribution in [0.3, 0.4) is 0 Å². The van der Waals surface area contributed by atoms with Gasteiger partial charge in [0, 0.05) is 16.7 Å². The van der Waals surface area contributed by atoms with Gasteiger partial charge in [-0.2, -0.15) is 5.10 Å². The van der Waals surface area contributed by atoms with Crippen molar-refractivity contribution in [1.82, 2.24) is 5.43 Å². The van der Waals surface area contributed by atoms with E-state index in [0.717, 1.165) is 36.3 Å². The smallest absolute Gasteiger partial charge is 0.276 e. The first-order valence-electron chi connectivity index (χ1n) is 8.60. The molecule has 26 heavy (non-hydrogen) atoms. The fourth-order valence-corrected chi connectivity index (χ4v) is 2.93. The summed E-state index contributed by atoms with van der Waals surface area (Å²) < 4.78 is 5.43. The summed E-state index contributed by atoms with van der Waals surface area (Å²) in [5, 5.41) is 6.93. The van der Waals surface area contributed by atoms with Gasteiger partial charge >= 0.3 is 0 Å². The van der Waals surface area contributed by atoms with Crippen LogP contribution in [0.4, 0.5) is 5.69 Å². The maximum Gasteiger partial charge on any atom is 0.276 e. The molecule has 134 valence electrons. The molecule has 6 nitrogen and oxygen atoms in total. The molecule has 0 radical (unpaired) electrons. The number of hydrogen-bond acceptors (Lipinski definition) is 4. The van der Waals surface area contributed by atoms with Gasteiger partial charge in [-0.1, -0.05) is 31.5 Å². The highest BCUT2D eigenvalue weighted by molar-refractivity contribution is 6.54. The molecule has 0 bridgehead atoms. The van der Waals surface area contributed by atoms with Crippen molar-refractivity contribution in [2.75, 3.05) is 12.4 Å². The Balaban J connectivity index is 1.90. The van der Waals surface area contributed by atoms with E-state index in [0.29, 0.717) is 11.1 Å². The van der Waals surface area contributed by atoms with Crippen LogP contribution in [0.5, 0.6) is 5.75 Å². The Labute approximate surface area is 152 Å². The topological polar surface area (TPSA) is 79.8 Å². The third-order valence-electron chi connectivity index (χ3n) is 4.28. The number of carbonyl (C=O) groups excluding carboxylic acids is 2. The number of benzene rings is 2. The highest BCUT2D eigenvalue weighted by Gasteiger charge is 2.30. The van der Waals surface area contributed by atoms with E-state index in [9.17, 15) is 9.59 Å². The lowest BCUT2D eigenvalue weighted by Crippen LogP contribution is -2.23. The Morgan fingerprint density at radius 3 is 2.65 bits per heavy atom. The molecule has 0 saturated heterocycles. The van der Waals surface area contributed by atoms with Gasteiger partial charge < -0.3 is 10.1 Å². The lowest BCUT2D eigenvalue weighted by Gasteiger charge is -2.12. The van der Waals surface area contributed by atoms with Gasteiger partial charge in [-0.05, 0) is 37.1 Å². The molecule has 2 aromatic carbocycles. The van der Waals surface area contributed by atoms with Crippen molar-refractivity contribution in [2.24, 2.45) is 5.10 Å². The van der Waals surface area contributed by atoms with E-state index in [-0.39, 0.29) is 17.5 Å². The molecule has 0 atom stereocenters. The molecule has 6 heteroatoms. The molecular weight excluding hydrogens is 330 g/mol. The lowest BCUT2D eigenvalue weighted by atomic mass is 10.0. The molecule has 1 aliphatic rings. The van der Waals surface area contributed by atoms with Crippen LogP contribution >= 0.6 is 0 Å². The van der Waals surface area contributed by atoms with Crippen molar-refractivity contribution in [1.29, 1.82) is 0 Å². The number of methoxy groups -OCH3 is 1. The average molecular weight is 351 g/mol. The Morgan fingerprint density at radius 2 is 1.96 bits per heavy atom. The minimum atomic E-state index is -0.362. The summed E-state index contributed by atoms with van der Waals surface area (Å²) in [5.41, 5.74) is 5.49. The molecular formula is C20H21N3O3. The molecule has 2 aromatic rings. The van der Waals surface area contributed by atoms with Crippen molar-refractivity contribution >= 4 is 23.2 Å². The SMILES string of the molecule is CCCCc1c(OC)ccc2c1NC(=O)/C2=N\NC(=O)c1ccccc1. The van der Waals surface area contributed by atoms with Crippen molar-refractivity contribution in [3.8, 4) is 5.75 Å². The zero-order valence-corrected chi connectivity index (χ0v) is 14.8. The summed E-state index contributed by atoms with van der Waals surface area (Å²) in [6.45, 7) is 2.11. The van der Waals surface area contributed by atoms with Crippen LogP contribution in [0.2, 0.25) is 0 Å². The van der Waals surface area contributed by atoms with Crippen molar-refractivity contribution in [3.05, 3.63) is 59.2 Å². The molecule has 0 aliphatic carbocycles. The zero-order chi connectivity index (χ0) is 18.5. The van der Waals surface area contributed by atoms with E-state index in [4.69, 9.17) is 4.74 Å². The first kappa shape index (κ1) is 17.7. The number of anilines is 1. The summed E-state index contributed by atoms with van der Waals surface area (Å²) in [6.07, 6.45) is 2.82. The Kier molecular flexibility index (Phi) is 5.31. The second-order valence-corrected chi connectivity index (χ2v) is 5.99. The number of nitrogens with zero attached hydrogens (tertiary/aromatic N) is 1. The second-order valence-electron chi connectivity index (χ2n) is 5.99. The van der Waals surface area contributed by atoms with Gasteiger partial charge in [0.15, 0.2) is 5.71 Å². The number of ether oxygens (including phenoxy) is 1. The number of hydrazone groups is 1. The van der Waals surface area contributed by atoms with Crippen molar-refractivity contribution in [3.63, 3.8) is 0 Å². The largest absolute Gasteiger partial charge is 0.496 e. The van der Waals surface area contributed by atoms with Gasteiger partial charge in [0.2, 0.25) is 0 Å². The van der Waals surface area contributed by atoms with Gasteiger partial charge in [-0.25, -0.2) is 5.43 Å². The molecule has 3 rings (SSSR count). The minimum absolute atomic E-state index is 0.199. The number of fused-ring (bicyclic) bond motifs is 1. The van der Waals surface area contributed by atoms with Crippen LogP contribution in [0.25, 0.3) is 0 Å². The Morgan fingerprint density at radius 1 is 1.19 bits per heavy atom. The summed E-state index contributed by atoms with van der Waals surface area (Å²) >= 11 is 0. The number of hydrogen-bond donors (Lipinski definition) is 2. The number of rotatable bonds is 6. The maximum absolute atomic E-state index is 12.4. The molecule has 0 saturated carbocycles. The Hall–Kier alpha value is -3.15. The van der Waals surface area contributed by atoms with Gasteiger partial charge in [0.05, 0.1) is 12.8 Å². The summed E-state index contributed by atoms with van der Waals surface area (Å²) in [5.74, 6) is 0.0468. The third-order valence-corrected chi connectivity index (χ3v) is 4.28. The number of unbranched alkanes of at least 4 members (excludes halogenated alkanes) is 1. The van der Waals surface area contributed by atoms with Crippen LogP contribution in [0.15, 0.2) is 47.6 Å². The zero-order valence-electron chi connectivity index (χ0n) is 14.8. The van der Waals surface area contributed by atoms with E-state index >= 15 is 0 Å². The quantitative estimate of drug-likeness (QED) is 0.785. The molecule has 2 N–H and O–H groups in total. The van der Waals surface area contributed by atoms with Crippen LogP contribution in [0, 0.1) is 0 Å². The van der Waals surface area contributed by atoms with Crippen LogP contribution in [0.1, 0.15) is 41.3 Å². The van der Waals surface area contributed by atoms with Gasteiger partial charge in [-0.3, -0.25) is 9.59 Å². The molecule has 2 amide bonds. The van der Waals surface area contributed by atoms with Crippen LogP contribution in [-0.2, 0) is 11.2 Å². The fourth-order valence-electron chi connectivity index (χ4n) is 2.93. The summed E-state index contributed by atoms with van der Waals surface area (Å²) in [4.78, 5) is 24.5. The molecule has 0 aromatic heterocycles. The van der Waals surface area contributed by atoms with Crippen LogP contribution in [-0.4, -0.2) is 24.6 Å². The van der Waals surface area contributed by atoms with Gasteiger partial charge in [-0.15, -0.1) is 0 Å². The second kappa shape index (κ2) is 7.82. The van der Waals surface area contributed by atoms with E-state index in [2.05, 4.69) is 22.8 Å². The third kappa shape index (κ3) is 3.44. The van der Waals surface area contributed by atoms with E-state index < -0.39 is 0 Å². The number of carbonyl (C=O) groups is 2. The summed E-state index contributed by atoms with van der Waals surface area (Å²) in [6, 6.07) is 12.4. The monoisotopic (exact) mass is 351 g/mol. The highest BCUT2D eigenvalue weighted by atomic mass is 16.5. The number of amides is 2. The predicted octanol–water partition coefficient (Wildman–Crippen LogP) is 3.12. The lowest BCUT2D eigenvalue weighted by molar-refractivity contribution is -0.110. The van der Waals surface area contributed by atoms with Gasteiger partial charge in [0.1, 0.15) is 5.75 Å². The van der Waals surface area contributed by atoms with Gasteiger partial charge in [0.25, 0.3) is 11.8 Å². The molecule has 1 heterocycles. The van der Waals surface area contributed by atoms with Crippen LogP contribution < -0.4 is 15.5 Å². The highest BCUT2D eigenvalue weighted by Crippen LogP contribution is 2.35. The molecule has 1 aliphatic heterocycles. The van der Waals surface area contributed by atoms with Crippen molar-refractivity contribution in [2.45, 2.75) is 26.2 Å². The van der Waals surface area contributed by atoms with E-state index in [1.54, 1.807) is 37.4 Å².